The molecule has 0 radical (unpaired) electrons. The smallest absolute Gasteiger partial charge is 0.151 e. The van der Waals surface area contributed by atoms with Crippen LogP contribution in [0.3, 0.4) is 0 Å². The van der Waals surface area contributed by atoms with Crippen molar-refractivity contribution in [2.75, 3.05) is 6.26 Å². The molecule has 1 saturated carbocycles. The van der Waals surface area contributed by atoms with Gasteiger partial charge in [0.2, 0.25) is 0 Å². The van der Waals surface area contributed by atoms with Crippen LogP contribution in [-0.4, -0.2) is 21.1 Å². The van der Waals surface area contributed by atoms with Crippen LogP contribution in [0, 0.1) is 5.82 Å². The van der Waals surface area contributed by atoms with Gasteiger partial charge in [-0.2, -0.15) is 11.8 Å². The number of thioether (sulfide) groups is 1. The Morgan fingerprint density at radius 3 is 2.90 bits per heavy atom. The molecule has 2 nitrogen and oxygen atoms in total. The third-order valence-electron chi connectivity index (χ3n) is 4.11. The molecule has 0 aliphatic heterocycles. The van der Waals surface area contributed by atoms with Gasteiger partial charge in [0.05, 0.1) is 10.9 Å². The molecule has 0 saturated heterocycles. The molecule has 3 atom stereocenters. The van der Waals surface area contributed by atoms with Crippen molar-refractivity contribution in [3.63, 3.8) is 0 Å². The molecular formula is C15H18ClFN2S. The Labute approximate surface area is 127 Å². The van der Waals surface area contributed by atoms with Crippen molar-refractivity contribution >= 4 is 34.4 Å². The lowest BCUT2D eigenvalue weighted by Crippen LogP contribution is -2.10. The molecule has 20 heavy (non-hydrogen) atoms. The summed E-state index contributed by atoms with van der Waals surface area (Å²) >= 11 is 8.19. The van der Waals surface area contributed by atoms with Gasteiger partial charge in [-0.3, -0.25) is 0 Å². The van der Waals surface area contributed by atoms with E-state index >= 15 is 0 Å². The summed E-state index contributed by atoms with van der Waals surface area (Å²) in [4.78, 5) is 4.46. The van der Waals surface area contributed by atoms with E-state index in [1.54, 1.807) is 6.07 Å². The summed E-state index contributed by atoms with van der Waals surface area (Å²) in [5, 5.41) is 0.472. The molecule has 0 bridgehead atoms. The van der Waals surface area contributed by atoms with Crippen molar-refractivity contribution in [2.24, 2.45) is 0 Å². The fraction of sp³-hybridized carbons (Fsp3) is 0.533. The van der Waals surface area contributed by atoms with Crippen molar-refractivity contribution in [3.05, 3.63) is 29.8 Å². The fourth-order valence-corrected chi connectivity index (χ4v) is 4.07. The molecule has 1 aliphatic rings. The van der Waals surface area contributed by atoms with Gasteiger partial charge in [0.25, 0.3) is 0 Å². The van der Waals surface area contributed by atoms with E-state index < -0.39 is 0 Å². The third kappa shape index (κ3) is 2.33. The maximum atomic E-state index is 13.9. The molecule has 0 N–H and O–H groups in total. The predicted octanol–water partition coefficient (Wildman–Crippen LogP) is 4.93. The molecule has 0 amide bonds. The standard InChI is InChI=1S/C15H18ClFN2S/c1-9(16)15-18-14-12(17)4-3-5-13(14)19(15)10-6-7-11(8-10)20-2/h3-5,9-11H,6-8H2,1-2H3. The van der Waals surface area contributed by atoms with Crippen LogP contribution in [0.25, 0.3) is 11.0 Å². The van der Waals surface area contributed by atoms with E-state index in [1.165, 1.54) is 12.5 Å². The van der Waals surface area contributed by atoms with E-state index in [1.807, 2.05) is 24.8 Å². The van der Waals surface area contributed by atoms with Gasteiger partial charge in [0.1, 0.15) is 11.3 Å². The number of rotatable bonds is 3. The lowest BCUT2D eigenvalue weighted by Gasteiger charge is -2.18. The summed E-state index contributed by atoms with van der Waals surface area (Å²) in [6.07, 6.45) is 5.59. The molecule has 108 valence electrons. The summed E-state index contributed by atoms with van der Waals surface area (Å²) in [7, 11) is 0. The van der Waals surface area contributed by atoms with Crippen LogP contribution >= 0.6 is 23.4 Å². The number of halogens is 2. The summed E-state index contributed by atoms with van der Waals surface area (Å²) in [6, 6.07) is 5.54. The Balaban J connectivity index is 2.13. The second-order valence-electron chi connectivity index (χ2n) is 5.39. The lowest BCUT2D eigenvalue weighted by molar-refractivity contribution is 0.511. The van der Waals surface area contributed by atoms with E-state index in [-0.39, 0.29) is 11.2 Å². The quantitative estimate of drug-likeness (QED) is 0.748. The van der Waals surface area contributed by atoms with E-state index in [0.29, 0.717) is 16.8 Å². The number of imidazole rings is 1. The number of hydrogen-bond donors (Lipinski definition) is 0. The number of alkyl halides is 1. The highest BCUT2D eigenvalue weighted by Gasteiger charge is 2.29. The Hall–Kier alpha value is -0.740. The Morgan fingerprint density at radius 2 is 2.25 bits per heavy atom. The molecule has 0 spiro atoms. The molecule has 3 rings (SSSR count). The number of aromatic nitrogens is 2. The Kier molecular flexibility index (Phi) is 3.95. The van der Waals surface area contributed by atoms with Crippen LogP contribution in [0.5, 0.6) is 0 Å². The minimum absolute atomic E-state index is 0.213. The summed E-state index contributed by atoms with van der Waals surface area (Å²) in [6.45, 7) is 1.90. The van der Waals surface area contributed by atoms with Gasteiger partial charge in [0.15, 0.2) is 5.82 Å². The van der Waals surface area contributed by atoms with E-state index in [0.717, 1.165) is 24.2 Å². The first kappa shape index (κ1) is 14.2. The number of nitrogens with zero attached hydrogens (tertiary/aromatic N) is 2. The van der Waals surface area contributed by atoms with Crippen LogP contribution in [0.15, 0.2) is 18.2 Å². The highest BCUT2D eigenvalue weighted by atomic mass is 35.5. The molecule has 1 aromatic heterocycles. The first-order valence-electron chi connectivity index (χ1n) is 6.95. The van der Waals surface area contributed by atoms with Gasteiger partial charge in [-0.05, 0) is 44.6 Å². The molecule has 1 heterocycles. The lowest BCUT2D eigenvalue weighted by atomic mass is 10.2. The number of hydrogen-bond acceptors (Lipinski definition) is 2. The number of benzene rings is 1. The fourth-order valence-electron chi connectivity index (χ4n) is 3.13. The molecule has 5 heteroatoms. The molecular weight excluding hydrogens is 295 g/mol. The molecule has 1 fully saturated rings. The van der Waals surface area contributed by atoms with Gasteiger partial charge < -0.3 is 4.57 Å². The zero-order valence-corrected chi connectivity index (χ0v) is 13.2. The monoisotopic (exact) mass is 312 g/mol. The van der Waals surface area contributed by atoms with Crippen LogP contribution in [0.4, 0.5) is 4.39 Å². The van der Waals surface area contributed by atoms with Crippen molar-refractivity contribution in [3.8, 4) is 0 Å². The molecule has 3 unspecified atom stereocenters. The highest BCUT2D eigenvalue weighted by molar-refractivity contribution is 7.99. The zero-order chi connectivity index (χ0) is 14.3. The van der Waals surface area contributed by atoms with Crippen molar-refractivity contribution in [1.82, 2.24) is 9.55 Å². The molecule has 1 aromatic carbocycles. The van der Waals surface area contributed by atoms with Crippen molar-refractivity contribution in [2.45, 2.75) is 42.9 Å². The first-order valence-corrected chi connectivity index (χ1v) is 8.67. The summed E-state index contributed by atoms with van der Waals surface area (Å²) in [5.41, 5.74) is 1.32. The van der Waals surface area contributed by atoms with Gasteiger partial charge in [-0.15, -0.1) is 11.6 Å². The third-order valence-corrected chi connectivity index (χ3v) is 5.40. The van der Waals surface area contributed by atoms with Gasteiger partial charge in [0, 0.05) is 11.3 Å². The van der Waals surface area contributed by atoms with E-state index in [2.05, 4.69) is 15.8 Å². The predicted molar refractivity (Wildman–Crippen MR) is 84.2 cm³/mol. The average molecular weight is 313 g/mol. The maximum absolute atomic E-state index is 13.9. The molecule has 2 aromatic rings. The van der Waals surface area contributed by atoms with E-state index in [4.69, 9.17) is 11.6 Å². The zero-order valence-electron chi connectivity index (χ0n) is 11.6. The first-order chi connectivity index (χ1) is 9.61. The topological polar surface area (TPSA) is 17.8 Å². The van der Waals surface area contributed by atoms with Crippen LogP contribution < -0.4 is 0 Å². The second-order valence-corrected chi connectivity index (χ2v) is 7.18. The summed E-state index contributed by atoms with van der Waals surface area (Å²) in [5.74, 6) is 0.526. The largest absolute Gasteiger partial charge is 0.323 e. The normalized spacial score (nSPS) is 24.4. The Morgan fingerprint density at radius 1 is 1.45 bits per heavy atom. The van der Waals surface area contributed by atoms with Crippen molar-refractivity contribution in [1.29, 1.82) is 0 Å². The minimum atomic E-state index is -0.265. The van der Waals surface area contributed by atoms with Crippen molar-refractivity contribution < 1.29 is 4.39 Å². The highest BCUT2D eigenvalue weighted by Crippen LogP contribution is 2.40. The number of para-hydroxylation sites is 1. The minimum Gasteiger partial charge on any atom is -0.323 e. The Bertz CT molecular complexity index is 626. The van der Waals surface area contributed by atoms with Crippen LogP contribution in [0.2, 0.25) is 0 Å². The SMILES string of the molecule is CSC1CCC(n2c(C(C)Cl)nc3c(F)cccc32)C1. The van der Waals surface area contributed by atoms with Gasteiger partial charge in [-0.25, -0.2) is 9.37 Å². The van der Waals surface area contributed by atoms with Gasteiger partial charge >= 0.3 is 0 Å². The molecule has 1 aliphatic carbocycles. The second kappa shape index (κ2) is 5.57. The van der Waals surface area contributed by atoms with E-state index in [9.17, 15) is 4.39 Å². The van der Waals surface area contributed by atoms with Gasteiger partial charge in [-0.1, -0.05) is 6.07 Å². The number of fused-ring (bicyclic) bond motifs is 1. The van der Waals surface area contributed by atoms with Crippen LogP contribution in [-0.2, 0) is 0 Å². The van der Waals surface area contributed by atoms with Crippen LogP contribution in [0.1, 0.15) is 43.4 Å². The average Bonchev–Trinajstić information content (AvgIpc) is 3.02. The maximum Gasteiger partial charge on any atom is 0.151 e. The summed E-state index contributed by atoms with van der Waals surface area (Å²) < 4.78 is 16.1.